The van der Waals surface area contributed by atoms with E-state index in [9.17, 15) is 9.59 Å². The topological polar surface area (TPSA) is 95.3 Å². The molecule has 2 aromatic heterocycles. The van der Waals surface area contributed by atoms with Gasteiger partial charge in [0, 0.05) is 22.3 Å². The van der Waals surface area contributed by atoms with E-state index in [-0.39, 0.29) is 6.54 Å². The zero-order valence-corrected chi connectivity index (χ0v) is 18.5. The molecule has 0 fully saturated rings. The molecule has 8 nitrogen and oxygen atoms in total. The molecule has 162 valence electrons. The third-order valence-corrected chi connectivity index (χ3v) is 6.07. The van der Waals surface area contributed by atoms with Crippen molar-refractivity contribution in [2.75, 3.05) is 18.5 Å². The molecule has 3 heterocycles. The van der Waals surface area contributed by atoms with E-state index in [0.717, 1.165) is 15.3 Å². The Bertz CT molecular complexity index is 1400. The van der Waals surface area contributed by atoms with Gasteiger partial charge in [-0.1, -0.05) is 23.7 Å². The number of anilines is 1. The van der Waals surface area contributed by atoms with Gasteiger partial charge in [0.05, 0.1) is 9.71 Å². The number of nitrogens with zero attached hydrogens (tertiary/aromatic N) is 3. The van der Waals surface area contributed by atoms with E-state index in [2.05, 4.69) is 15.4 Å². The lowest BCUT2D eigenvalue weighted by Gasteiger charge is -2.19. The number of benzene rings is 2. The summed E-state index contributed by atoms with van der Waals surface area (Å²) in [6.45, 7) is 2.50. The number of hydrogen-bond acceptors (Lipinski definition) is 7. The van der Waals surface area contributed by atoms with E-state index in [1.165, 1.54) is 11.3 Å². The zero-order chi connectivity index (χ0) is 22.2. The Balaban J connectivity index is 1.47. The minimum absolute atomic E-state index is 0.264. The molecule has 1 aliphatic heterocycles. The summed E-state index contributed by atoms with van der Waals surface area (Å²) >= 11 is 7.40. The van der Waals surface area contributed by atoms with Crippen LogP contribution in [0.3, 0.4) is 0 Å². The van der Waals surface area contributed by atoms with Gasteiger partial charge in [0.1, 0.15) is 25.5 Å². The van der Waals surface area contributed by atoms with Gasteiger partial charge in [0.2, 0.25) is 5.91 Å². The van der Waals surface area contributed by atoms with E-state index in [1.54, 1.807) is 30.3 Å². The normalized spacial score (nSPS) is 12.7. The monoisotopic (exact) mass is 468 g/mol. The van der Waals surface area contributed by atoms with E-state index >= 15 is 0 Å². The molecule has 0 radical (unpaired) electrons. The second kappa shape index (κ2) is 8.25. The van der Waals surface area contributed by atoms with Gasteiger partial charge >= 0.3 is 0 Å². The van der Waals surface area contributed by atoms with E-state index in [0.29, 0.717) is 51.3 Å². The summed E-state index contributed by atoms with van der Waals surface area (Å²) in [5.41, 5.74) is 1.77. The number of fused-ring (bicyclic) bond motifs is 2. The molecule has 32 heavy (non-hydrogen) atoms. The Kier molecular flexibility index (Phi) is 5.28. The summed E-state index contributed by atoms with van der Waals surface area (Å²) in [4.78, 5) is 30.1. The van der Waals surface area contributed by atoms with Gasteiger partial charge in [-0.25, -0.2) is 9.67 Å². The number of carbonyl (C=O) groups is 1. The third kappa shape index (κ3) is 3.92. The highest BCUT2D eigenvalue weighted by Crippen LogP contribution is 2.33. The number of hydrogen-bond donors (Lipinski definition) is 1. The van der Waals surface area contributed by atoms with Crippen LogP contribution < -0.4 is 20.3 Å². The quantitative estimate of drug-likeness (QED) is 0.488. The Morgan fingerprint density at radius 3 is 2.69 bits per heavy atom. The fraction of sp³-hybridized carbons (Fsp3) is 0.182. The Morgan fingerprint density at radius 1 is 1.16 bits per heavy atom. The van der Waals surface area contributed by atoms with Crippen LogP contribution in [0.4, 0.5) is 5.69 Å². The molecule has 0 saturated carbocycles. The van der Waals surface area contributed by atoms with Crippen molar-refractivity contribution in [3.63, 3.8) is 0 Å². The molecular formula is C22H17ClN4O4S. The van der Waals surface area contributed by atoms with Gasteiger partial charge in [-0.15, -0.1) is 11.3 Å². The molecule has 1 amide bonds. The van der Waals surface area contributed by atoms with Crippen molar-refractivity contribution in [3.05, 3.63) is 62.8 Å². The minimum Gasteiger partial charge on any atom is -0.486 e. The van der Waals surface area contributed by atoms with Crippen LogP contribution in [0.5, 0.6) is 11.5 Å². The number of rotatable bonds is 4. The van der Waals surface area contributed by atoms with Gasteiger partial charge in [-0.2, -0.15) is 5.10 Å². The lowest BCUT2D eigenvalue weighted by atomic mass is 10.1. The van der Waals surface area contributed by atoms with Gasteiger partial charge in [0.25, 0.3) is 5.56 Å². The number of ether oxygens (including phenoxy) is 2. The number of amides is 1. The standard InChI is InChI=1S/C22H17ClN4O4S/c1-12-24-20-21(32-12)19(13-2-4-14(23)5-3-13)26-27(22(20)29)11-18(28)25-15-6-7-16-17(10-15)31-9-8-30-16/h2-7,10H,8-9,11H2,1H3,(H,25,28). The zero-order valence-electron chi connectivity index (χ0n) is 16.9. The van der Waals surface area contributed by atoms with Crippen molar-refractivity contribution in [1.29, 1.82) is 0 Å². The summed E-state index contributed by atoms with van der Waals surface area (Å²) in [5, 5.41) is 8.61. The fourth-order valence-corrected chi connectivity index (χ4v) is 4.47. The molecule has 10 heteroatoms. The van der Waals surface area contributed by atoms with Gasteiger partial charge in [-0.05, 0) is 31.2 Å². The molecule has 2 aromatic carbocycles. The first-order chi connectivity index (χ1) is 15.5. The van der Waals surface area contributed by atoms with Crippen molar-refractivity contribution < 1.29 is 14.3 Å². The second-order valence-corrected chi connectivity index (χ2v) is 8.78. The van der Waals surface area contributed by atoms with Crippen molar-refractivity contribution in [3.8, 4) is 22.8 Å². The van der Waals surface area contributed by atoms with Crippen LogP contribution in [0.2, 0.25) is 5.02 Å². The van der Waals surface area contributed by atoms with Crippen LogP contribution in [0.1, 0.15) is 5.01 Å². The van der Waals surface area contributed by atoms with E-state index in [1.807, 2.05) is 19.1 Å². The Hall–Kier alpha value is -3.43. The maximum atomic E-state index is 13.0. The second-order valence-electron chi connectivity index (χ2n) is 7.14. The van der Waals surface area contributed by atoms with Crippen molar-refractivity contribution in [2.45, 2.75) is 13.5 Å². The van der Waals surface area contributed by atoms with Gasteiger partial charge in [0.15, 0.2) is 17.0 Å². The van der Waals surface area contributed by atoms with Crippen LogP contribution >= 0.6 is 22.9 Å². The number of aromatic nitrogens is 3. The highest BCUT2D eigenvalue weighted by molar-refractivity contribution is 7.19. The maximum absolute atomic E-state index is 13.0. The van der Waals surface area contributed by atoms with Gasteiger partial charge < -0.3 is 14.8 Å². The lowest BCUT2D eigenvalue weighted by Crippen LogP contribution is -2.30. The van der Waals surface area contributed by atoms with E-state index in [4.69, 9.17) is 21.1 Å². The number of carbonyl (C=O) groups excluding carboxylic acids is 1. The first-order valence-corrected chi connectivity index (χ1v) is 11.0. The summed E-state index contributed by atoms with van der Waals surface area (Å²) < 4.78 is 12.9. The molecule has 4 aromatic rings. The molecule has 5 rings (SSSR count). The van der Waals surface area contributed by atoms with Crippen molar-refractivity contribution in [2.24, 2.45) is 0 Å². The molecule has 0 bridgehead atoms. The number of thiazole rings is 1. The fourth-order valence-electron chi connectivity index (χ4n) is 3.43. The van der Waals surface area contributed by atoms with Crippen molar-refractivity contribution in [1.82, 2.24) is 14.8 Å². The largest absolute Gasteiger partial charge is 0.486 e. The molecule has 0 unspecified atom stereocenters. The Morgan fingerprint density at radius 2 is 1.91 bits per heavy atom. The average Bonchev–Trinajstić information content (AvgIpc) is 3.18. The number of aryl methyl sites for hydroxylation is 1. The number of nitrogens with one attached hydrogen (secondary N) is 1. The van der Waals surface area contributed by atoms with E-state index < -0.39 is 11.5 Å². The maximum Gasteiger partial charge on any atom is 0.294 e. The van der Waals surface area contributed by atoms with Crippen LogP contribution in [0.25, 0.3) is 21.5 Å². The predicted octanol–water partition coefficient (Wildman–Crippen LogP) is 3.89. The summed E-state index contributed by atoms with van der Waals surface area (Å²) in [6.07, 6.45) is 0. The third-order valence-electron chi connectivity index (χ3n) is 4.84. The van der Waals surface area contributed by atoms with Crippen molar-refractivity contribution >= 4 is 44.7 Å². The number of halogens is 1. The SMILES string of the molecule is Cc1nc2c(=O)n(CC(=O)Nc3ccc4c(c3)OCCO4)nc(-c3ccc(Cl)cc3)c2s1. The minimum atomic E-state index is -0.417. The molecular weight excluding hydrogens is 452 g/mol. The first kappa shape index (κ1) is 20.5. The molecule has 0 atom stereocenters. The summed E-state index contributed by atoms with van der Waals surface area (Å²) in [5.74, 6) is 0.794. The Labute approximate surface area is 191 Å². The van der Waals surface area contributed by atoms with Gasteiger partial charge in [-0.3, -0.25) is 9.59 Å². The predicted molar refractivity (Wildman–Crippen MR) is 123 cm³/mol. The lowest BCUT2D eigenvalue weighted by molar-refractivity contribution is -0.117. The van der Waals surface area contributed by atoms with Crippen LogP contribution in [0.15, 0.2) is 47.3 Å². The smallest absolute Gasteiger partial charge is 0.294 e. The first-order valence-electron chi connectivity index (χ1n) is 9.81. The average molecular weight is 469 g/mol. The highest BCUT2D eigenvalue weighted by Gasteiger charge is 2.19. The molecule has 0 spiro atoms. The molecule has 1 aliphatic rings. The molecule has 1 N–H and O–H groups in total. The van der Waals surface area contributed by atoms with Crippen LogP contribution in [0, 0.1) is 6.92 Å². The molecule has 0 aliphatic carbocycles. The van der Waals surface area contributed by atoms with Crippen LogP contribution in [-0.4, -0.2) is 33.9 Å². The summed E-state index contributed by atoms with van der Waals surface area (Å²) in [7, 11) is 0. The van der Waals surface area contributed by atoms with Crippen LogP contribution in [-0.2, 0) is 11.3 Å². The highest BCUT2D eigenvalue weighted by atomic mass is 35.5. The summed E-state index contributed by atoms with van der Waals surface area (Å²) in [6, 6.07) is 12.3. The molecule has 0 saturated heterocycles.